The van der Waals surface area contributed by atoms with Gasteiger partial charge in [-0.05, 0) is 31.0 Å². The van der Waals surface area contributed by atoms with Crippen LogP contribution in [0.5, 0.6) is 5.75 Å². The maximum Gasteiger partial charge on any atom is 0.302 e. The van der Waals surface area contributed by atoms with Gasteiger partial charge in [-0.1, -0.05) is 19.1 Å². The average molecular weight is 343 g/mol. The summed E-state index contributed by atoms with van der Waals surface area (Å²) >= 11 is 0. The lowest BCUT2D eigenvalue weighted by atomic mass is 10.1. The first-order valence-corrected chi connectivity index (χ1v) is 9.30. The van der Waals surface area contributed by atoms with Gasteiger partial charge in [-0.25, -0.2) is 0 Å². The number of hydrogen-bond acceptors (Lipinski definition) is 4. The van der Waals surface area contributed by atoms with Crippen molar-refractivity contribution in [2.75, 3.05) is 18.9 Å². The summed E-state index contributed by atoms with van der Waals surface area (Å²) in [6, 6.07) is 7.30. The van der Waals surface area contributed by atoms with Crippen LogP contribution in [-0.2, 0) is 15.0 Å². The van der Waals surface area contributed by atoms with Gasteiger partial charge in [0.1, 0.15) is 5.75 Å². The third-order valence-electron chi connectivity index (χ3n) is 3.98. The zero-order valence-corrected chi connectivity index (χ0v) is 14.2. The molecule has 1 aromatic carbocycles. The molecule has 7 heteroatoms. The summed E-state index contributed by atoms with van der Waals surface area (Å²) in [5.41, 5.74) is 0.936. The van der Waals surface area contributed by atoms with E-state index in [2.05, 4.69) is 0 Å². The predicted octanol–water partition coefficient (Wildman–Crippen LogP) is 2.68. The van der Waals surface area contributed by atoms with Crippen LogP contribution >= 0.6 is 0 Å². The normalized spacial score (nSPS) is 19.9. The molecule has 1 fully saturated rings. The van der Waals surface area contributed by atoms with E-state index in [0.717, 1.165) is 17.7 Å². The number of ether oxygens (including phenoxy) is 1. The molecule has 0 saturated carbocycles. The highest BCUT2D eigenvalue weighted by molar-refractivity contribution is 7.86. The van der Waals surface area contributed by atoms with Crippen LogP contribution in [0.25, 0.3) is 0 Å². The Morgan fingerprint density at radius 3 is 2.57 bits per heavy atom. The molecule has 23 heavy (non-hydrogen) atoms. The highest BCUT2D eigenvalue weighted by Gasteiger charge is 2.35. The lowest BCUT2D eigenvalue weighted by Gasteiger charge is -2.25. The Balaban J connectivity index is 2.02. The van der Waals surface area contributed by atoms with Crippen molar-refractivity contribution in [2.24, 2.45) is 5.92 Å². The van der Waals surface area contributed by atoms with Crippen LogP contribution < -0.4 is 4.74 Å². The Hall–Kier alpha value is -1.63. The van der Waals surface area contributed by atoms with E-state index in [0.29, 0.717) is 6.61 Å². The van der Waals surface area contributed by atoms with Gasteiger partial charge in [0.25, 0.3) is 0 Å². The number of benzene rings is 1. The summed E-state index contributed by atoms with van der Waals surface area (Å²) in [5.74, 6) is -0.437. The number of carbonyl (C=O) groups excluding carboxylic acids is 1. The van der Waals surface area contributed by atoms with Crippen molar-refractivity contribution in [1.29, 1.82) is 0 Å². The highest BCUT2D eigenvalue weighted by Crippen LogP contribution is 2.30. The van der Waals surface area contributed by atoms with Gasteiger partial charge in [0.15, 0.2) is 0 Å². The smallest absolute Gasteiger partial charge is 0.302 e. The first-order chi connectivity index (χ1) is 10.8. The maximum atomic E-state index is 12.8. The summed E-state index contributed by atoms with van der Waals surface area (Å²) in [5, 5.41) is 0. The Bertz CT molecular complexity index is 645. The second kappa shape index (κ2) is 7.29. The van der Waals surface area contributed by atoms with E-state index in [1.54, 1.807) is 4.90 Å². The number of rotatable bonds is 7. The standard InChI is InChI=1S/C16H22FNO4S/c1-3-8-22-15-6-4-14(5-7-15)12(2)18-10-13(9-16(18)19)11-23(17,20)21/h4-7,12-13H,3,8-11H2,1-2H3. The fraction of sp³-hybridized carbons (Fsp3) is 0.562. The van der Waals surface area contributed by atoms with Gasteiger partial charge in [0, 0.05) is 18.9 Å². The Kier molecular flexibility index (Phi) is 5.62. The van der Waals surface area contributed by atoms with Crippen LogP contribution in [0.3, 0.4) is 0 Å². The zero-order valence-electron chi connectivity index (χ0n) is 13.4. The molecule has 1 saturated heterocycles. The molecule has 1 amide bonds. The van der Waals surface area contributed by atoms with E-state index in [4.69, 9.17) is 4.74 Å². The van der Waals surface area contributed by atoms with Gasteiger partial charge in [-0.2, -0.15) is 8.42 Å². The molecule has 128 valence electrons. The van der Waals surface area contributed by atoms with E-state index in [1.807, 2.05) is 38.1 Å². The molecule has 5 nitrogen and oxygen atoms in total. The highest BCUT2D eigenvalue weighted by atomic mass is 32.3. The number of hydrogen-bond donors (Lipinski definition) is 0. The van der Waals surface area contributed by atoms with E-state index in [-0.39, 0.29) is 24.9 Å². The molecular weight excluding hydrogens is 321 g/mol. The molecule has 1 aromatic rings. The lowest BCUT2D eigenvalue weighted by molar-refractivity contribution is -0.129. The largest absolute Gasteiger partial charge is 0.494 e. The molecule has 2 unspecified atom stereocenters. The first-order valence-electron chi connectivity index (χ1n) is 7.74. The van der Waals surface area contributed by atoms with Crippen LogP contribution in [0.15, 0.2) is 24.3 Å². The van der Waals surface area contributed by atoms with E-state index in [1.165, 1.54) is 0 Å². The van der Waals surface area contributed by atoms with Gasteiger partial charge in [-0.15, -0.1) is 3.89 Å². The van der Waals surface area contributed by atoms with Gasteiger partial charge in [-0.3, -0.25) is 4.79 Å². The molecule has 0 spiro atoms. The van der Waals surface area contributed by atoms with Gasteiger partial charge in [0.2, 0.25) is 5.91 Å². The summed E-state index contributed by atoms with van der Waals surface area (Å²) in [7, 11) is -4.55. The first kappa shape index (κ1) is 17.7. The number of halogens is 1. The van der Waals surface area contributed by atoms with Gasteiger partial charge >= 0.3 is 10.2 Å². The van der Waals surface area contributed by atoms with Crippen molar-refractivity contribution in [2.45, 2.75) is 32.7 Å². The monoisotopic (exact) mass is 343 g/mol. The summed E-state index contributed by atoms with van der Waals surface area (Å²) in [4.78, 5) is 13.7. The Morgan fingerprint density at radius 1 is 1.35 bits per heavy atom. The minimum absolute atomic E-state index is 0.0746. The number of amides is 1. The van der Waals surface area contributed by atoms with Crippen LogP contribution in [0, 0.1) is 5.92 Å². The lowest BCUT2D eigenvalue weighted by Crippen LogP contribution is -2.29. The average Bonchev–Trinajstić information content (AvgIpc) is 2.83. The van der Waals surface area contributed by atoms with E-state index >= 15 is 0 Å². The quantitative estimate of drug-likeness (QED) is 0.714. The number of likely N-dealkylation sites (tertiary alicyclic amines) is 1. The second-order valence-electron chi connectivity index (χ2n) is 5.92. The number of nitrogens with zero attached hydrogens (tertiary/aromatic N) is 1. The molecule has 0 N–H and O–H groups in total. The zero-order chi connectivity index (χ0) is 17.0. The SMILES string of the molecule is CCCOc1ccc(C(C)N2CC(CS(=O)(=O)F)CC2=O)cc1. The minimum Gasteiger partial charge on any atom is -0.494 e. The molecule has 0 radical (unpaired) electrons. The van der Waals surface area contributed by atoms with Crippen LogP contribution in [-0.4, -0.2) is 38.1 Å². The van der Waals surface area contributed by atoms with Crippen molar-refractivity contribution in [3.05, 3.63) is 29.8 Å². The van der Waals surface area contributed by atoms with E-state index in [9.17, 15) is 17.1 Å². The fourth-order valence-electron chi connectivity index (χ4n) is 2.82. The molecule has 0 bridgehead atoms. The maximum absolute atomic E-state index is 12.8. The molecule has 1 aliphatic rings. The Morgan fingerprint density at radius 2 is 2.00 bits per heavy atom. The van der Waals surface area contributed by atoms with Crippen molar-refractivity contribution in [1.82, 2.24) is 4.90 Å². The topological polar surface area (TPSA) is 63.7 Å². The molecule has 2 rings (SSSR count). The summed E-state index contributed by atoms with van der Waals surface area (Å²) < 4.78 is 39.8. The molecule has 1 aliphatic heterocycles. The van der Waals surface area contributed by atoms with Crippen molar-refractivity contribution >= 4 is 16.1 Å². The van der Waals surface area contributed by atoms with Crippen LogP contribution in [0.1, 0.15) is 38.3 Å². The third kappa shape index (κ3) is 4.92. The second-order valence-corrected chi connectivity index (χ2v) is 7.33. The van der Waals surface area contributed by atoms with Crippen molar-refractivity contribution in [3.8, 4) is 5.75 Å². The number of carbonyl (C=O) groups is 1. The molecular formula is C16H22FNO4S. The molecule has 1 heterocycles. The predicted molar refractivity (Wildman–Crippen MR) is 85.4 cm³/mol. The fourth-order valence-corrected chi connectivity index (χ4v) is 3.60. The molecule has 0 aliphatic carbocycles. The minimum atomic E-state index is -4.55. The van der Waals surface area contributed by atoms with E-state index < -0.39 is 21.9 Å². The van der Waals surface area contributed by atoms with Crippen molar-refractivity contribution in [3.63, 3.8) is 0 Å². The summed E-state index contributed by atoms with van der Waals surface area (Å²) in [6.45, 7) is 4.83. The van der Waals surface area contributed by atoms with Crippen molar-refractivity contribution < 1.29 is 21.8 Å². The summed E-state index contributed by atoms with van der Waals surface area (Å²) in [6.07, 6.45) is 1.00. The Labute approximate surface area is 136 Å². The van der Waals surface area contributed by atoms with Crippen LogP contribution in [0.2, 0.25) is 0 Å². The molecule has 0 aromatic heterocycles. The molecule has 2 atom stereocenters. The van der Waals surface area contributed by atoms with Gasteiger partial charge in [0.05, 0.1) is 18.4 Å². The van der Waals surface area contributed by atoms with Crippen LogP contribution in [0.4, 0.5) is 3.89 Å². The third-order valence-corrected chi connectivity index (χ3v) is 4.85. The van der Waals surface area contributed by atoms with Gasteiger partial charge < -0.3 is 9.64 Å².